The highest BCUT2D eigenvalue weighted by atomic mass is 35.5. The predicted molar refractivity (Wildman–Crippen MR) is 90.2 cm³/mol. The van der Waals surface area contributed by atoms with Crippen molar-refractivity contribution in [3.05, 3.63) is 28.8 Å². The Kier molecular flexibility index (Phi) is 6.34. The first-order valence-corrected chi connectivity index (χ1v) is 8.31. The molecule has 2 rings (SSSR count). The second-order valence-electron chi connectivity index (χ2n) is 6.06. The first kappa shape index (κ1) is 16.6. The summed E-state index contributed by atoms with van der Waals surface area (Å²) in [5.74, 6) is 0.814. The highest BCUT2D eigenvalue weighted by Gasteiger charge is 2.21. The van der Waals surface area contributed by atoms with E-state index in [0.29, 0.717) is 0 Å². The van der Waals surface area contributed by atoms with Crippen molar-refractivity contribution in [1.29, 1.82) is 0 Å². The summed E-state index contributed by atoms with van der Waals surface area (Å²) in [6, 6.07) is 6.25. The monoisotopic (exact) mass is 310 g/mol. The molecule has 1 saturated carbocycles. The van der Waals surface area contributed by atoms with Crippen LogP contribution in [-0.4, -0.2) is 32.8 Å². The van der Waals surface area contributed by atoms with Crippen molar-refractivity contribution in [2.24, 2.45) is 11.7 Å². The fourth-order valence-electron chi connectivity index (χ4n) is 2.43. The summed E-state index contributed by atoms with van der Waals surface area (Å²) in [6.07, 6.45) is 4.50. The van der Waals surface area contributed by atoms with E-state index in [1.807, 2.05) is 12.1 Å². The number of hydrogen-bond donors (Lipinski definition) is 1. The average molecular weight is 311 g/mol. The second kappa shape index (κ2) is 8.02. The summed E-state index contributed by atoms with van der Waals surface area (Å²) in [5, 5.41) is 0.792. The van der Waals surface area contributed by atoms with Gasteiger partial charge in [0.1, 0.15) is 0 Å². The van der Waals surface area contributed by atoms with Crippen molar-refractivity contribution in [1.82, 2.24) is 0 Å². The molecule has 1 aliphatic carbocycles. The van der Waals surface area contributed by atoms with Gasteiger partial charge in [-0.3, -0.25) is 0 Å². The molecule has 1 aromatic carbocycles. The molecular formula is C17H27ClN2O. The number of halogens is 1. The number of benzene rings is 1. The number of nitrogens with two attached hydrogens (primary N) is 1. The summed E-state index contributed by atoms with van der Waals surface area (Å²) in [4.78, 5) is 2.19. The molecule has 1 fully saturated rings. The van der Waals surface area contributed by atoms with Crippen LogP contribution in [0.25, 0.3) is 0 Å². The first-order chi connectivity index (χ1) is 10.1. The maximum atomic E-state index is 6.40. The maximum Gasteiger partial charge on any atom is 0.0642 e. The number of hydrogen-bond acceptors (Lipinski definition) is 3. The third-order valence-electron chi connectivity index (χ3n) is 4.08. The van der Waals surface area contributed by atoms with Crippen LogP contribution < -0.4 is 10.6 Å². The lowest BCUT2D eigenvalue weighted by molar-refractivity contribution is 0.131. The van der Waals surface area contributed by atoms with Crippen molar-refractivity contribution < 1.29 is 4.74 Å². The predicted octanol–water partition coefficient (Wildman–Crippen LogP) is 3.48. The smallest absolute Gasteiger partial charge is 0.0642 e. The maximum absolute atomic E-state index is 6.40. The van der Waals surface area contributed by atoms with E-state index in [0.717, 1.165) is 49.2 Å². The Balaban J connectivity index is 1.94. The number of anilines is 1. The summed E-state index contributed by atoms with van der Waals surface area (Å²) < 4.78 is 5.72. The molecule has 0 saturated heterocycles. The Hall–Kier alpha value is -0.770. The molecule has 0 amide bonds. The topological polar surface area (TPSA) is 38.5 Å². The Morgan fingerprint density at radius 2 is 2.19 bits per heavy atom. The van der Waals surface area contributed by atoms with Crippen LogP contribution >= 0.6 is 11.6 Å². The lowest BCUT2D eigenvalue weighted by Gasteiger charge is -2.25. The van der Waals surface area contributed by atoms with Gasteiger partial charge in [-0.05, 0) is 43.2 Å². The molecule has 0 spiro atoms. The van der Waals surface area contributed by atoms with Crippen LogP contribution in [0.4, 0.5) is 5.69 Å². The fraction of sp³-hybridized carbons (Fsp3) is 0.647. The van der Waals surface area contributed by atoms with Gasteiger partial charge in [0.2, 0.25) is 0 Å². The standard InChI is InChI=1S/C17H27ClN2O/c1-3-15(19)11-14-5-4-6-16(18)17(14)20(2)9-10-21-12-13-7-8-13/h4-6,13,15H,3,7-12,19H2,1-2H3. The minimum absolute atomic E-state index is 0.182. The zero-order chi connectivity index (χ0) is 15.2. The van der Waals surface area contributed by atoms with E-state index >= 15 is 0 Å². The van der Waals surface area contributed by atoms with Gasteiger partial charge < -0.3 is 15.4 Å². The quantitative estimate of drug-likeness (QED) is 0.710. The van der Waals surface area contributed by atoms with Crippen molar-refractivity contribution in [2.75, 3.05) is 31.7 Å². The van der Waals surface area contributed by atoms with Crippen LogP contribution in [0.3, 0.4) is 0 Å². The molecule has 0 bridgehead atoms. The summed E-state index contributed by atoms with van der Waals surface area (Å²) in [7, 11) is 2.07. The fourth-order valence-corrected chi connectivity index (χ4v) is 2.77. The van der Waals surface area contributed by atoms with Crippen molar-refractivity contribution in [3.8, 4) is 0 Å². The van der Waals surface area contributed by atoms with E-state index in [4.69, 9.17) is 22.1 Å². The lowest BCUT2D eigenvalue weighted by Crippen LogP contribution is -2.27. The molecule has 1 atom stereocenters. The molecule has 118 valence electrons. The van der Waals surface area contributed by atoms with Gasteiger partial charge in [0.25, 0.3) is 0 Å². The van der Waals surface area contributed by atoms with E-state index in [2.05, 4.69) is 24.9 Å². The summed E-state index contributed by atoms with van der Waals surface area (Å²) >= 11 is 6.40. The molecule has 2 N–H and O–H groups in total. The minimum atomic E-state index is 0.182. The molecule has 0 radical (unpaired) electrons. The van der Waals surface area contributed by atoms with Gasteiger partial charge in [-0.1, -0.05) is 30.7 Å². The van der Waals surface area contributed by atoms with Crippen molar-refractivity contribution in [3.63, 3.8) is 0 Å². The summed E-state index contributed by atoms with van der Waals surface area (Å²) in [6.45, 7) is 4.62. The van der Waals surface area contributed by atoms with Gasteiger partial charge in [-0.25, -0.2) is 0 Å². The van der Waals surface area contributed by atoms with Gasteiger partial charge in [-0.2, -0.15) is 0 Å². The van der Waals surface area contributed by atoms with E-state index in [1.165, 1.54) is 18.4 Å². The minimum Gasteiger partial charge on any atom is -0.379 e. The molecule has 0 heterocycles. The van der Waals surface area contributed by atoms with Crippen LogP contribution in [-0.2, 0) is 11.2 Å². The van der Waals surface area contributed by atoms with Gasteiger partial charge in [0, 0.05) is 26.2 Å². The van der Waals surface area contributed by atoms with Gasteiger partial charge in [0.05, 0.1) is 17.3 Å². The second-order valence-corrected chi connectivity index (χ2v) is 6.47. The Bertz CT molecular complexity index is 448. The van der Waals surface area contributed by atoms with Gasteiger partial charge >= 0.3 is 0 Å². The zero-order valence-electron chi connectivity index (χ0n) is 13.1. The third-order valence-corrected chi connectivity index (χ3v) is 4.39. The summed E-state index contributed by atoms with van der Waals surface area (Å²) in [5.41, 5.74) is 8.42. The number of ether oxygens (including phenoxy) is 1. The molecule has 4 heteroatoms. The van der Waals surface area contributed by atoms with Crippen LogP contribution in [0.2, 0.25) is 5.02 Å². The van der Waals surface area contributed by atoms with Crippen LogP contribution in [0.15, 0.2) is 18.2 Å². The number of rotatable bonds is 9. The molecule has 1 aromatic rings. The number of nitrogens with zero attached hydrogens (tertiary/aromatic N) is 1. The SMILES string of the molecule is CCC(N)Cc1cccc(Cl)c1N(C)CCOCC1CC1. The normalized spacial score (nSPS) is 16.0. The van der Waals surface area contributed by atoms with Crippen LogP contribution in [0.5, 0.6) is 0 Å². The van der Waals surface area contributed by atoms with Crippen molar-refractivity contribution in [2.45, 2.75) is 38.6 Å². The van der Waals surface area contributed by atoms with Gasteiger partial charge in [-0.15, -0.1) is 0 Å². The van der Waals surface area contributed by atoms with E-state index < -0.39 is 0 Å². The average Bonchev–Trinajstić information content (AvgIpc) is 3.27. The lowest BCUT2D eigenvalue weighted by atomic mass is 10.0. The molecular weight excluding hydrogens is 284 g/mol. The zero-order valence-corrected chi connectivity index (χ0v) is 13.9. The molecule has 3 nitrogen and oxygen atoms in total. The largest absolute Gasteiger partial charge is 0.379 e. The van der Waals surface area contributed by atoms with Gasteiger partial charge in [0.15, 0.2) is 0 Å². The molecule has 0 aliphatic heterocycles. The van der Waals surface area contributed by atoms with E-state index in [9.17, 15) is 0 Å². The number of likely N-dealkylation sites (N-methyl/N-ethyl adjacent to an activating group) is 1. The molecule has 0 aromatic heterocycles. The van der Waals surface area contributed by atoms with E-state index in [1.54, 1.807) is 0 Å². The Labute approximate surface area is 133 Å². The van der Waals surface area contributed by atoms with E-state index in [-0.39, 0.29) is 6.04 Å². The Morgan fingerprint density at radius 1 is 1.43 bits per heavy atom. The molecule has 21 heavy (non-hydrogen) atoms. The molecule has 1 unspecified atom stereocenters. The first-order valence-electron chi connectivity index (χ1n) is 7.93. The Morgan fingerprint density at radius 3 is 2.86 bits per heavy atom. The van der Waals surface area contributed by atoms with Crippen LogP contribution in [0, 0.1) is 5.92 Å². The van der Waals surface area contributed by atoms with Crippen LogP contribution in [0.1, 0.15) is 31.7 Å². The highest BCUT2D eigenvalue weighted by Crippen LogP contribution is 2.31. The van der Waals surface area contributed by atoms with Crippen molar-refractivity contribution >= 4 is 17.3 Å². The molecule has 1 aliphatic rings. The highest BCUT2D eigenvalue weighted by molar-refractivity contribution is 6.33. The third kappa shape index (κ3) is 5.17. The number of para-hydroxylation sites is 1.